The van der Waals surface area contributed by atoms with Crippen molar-refractivity contribution in [3.63, 3.8) is 0 Å². The SMILES string of the molecule is CCCC(C)NC(C)c1ccc2ccccc2c1. The minimum absolute atomic E-state index is 0.413. The molecule has 2 aromatic carbocycles. The summed E-state index contributed by atoms with van der Waals surface area (Å²) in [5, 5.41) is 6.30. The molecule has 0 spiro atoms. The average molecular weight is 241 g/mol. The maximum absolute atomic E-state index is 3.66. The van der Waals surface area contributed by atoms with Crippen molar-refractivity contribution in [2.45, 2.75) is 45.7 Å². The largest absolute Gasteiger partial charge is 0.308 e. The van der Waals surface area contributed by atoms with Gasteiger partial charge in [-0.15, -0.1) is 0 Å². The Kier molecular flexibility index (Phi) is 4.38. The molecule has 0 heterocycles. The van der Waals surface area contributed by atoms with E-state index in [0.29, 0.717) is 12.1 Å². The zero-order chi connectivity index (χ0) is 13.0. The van der Waals surface area contributed by atoms with Gasteiger partial charge in [-0.25, -0.2) is 0 Å². The van der Waals surface area contributed by atoms with Gasteiger partial charge in [0.25, 0.3) is 0 Å². The first kappa shape index (κ1) is 13.1. The van der Waals surface area contributed by atoms with Crippen LogP contribution in [0.1, 0.15) is 45.2 Å². The fourth-order valence-electron chi connectivity index (χ4n) is 2.52. The van der Waals surface area contributed by atoms with Crippen molar-refractivity contribution in [3.05, 3.63) is 48.0 Å². The van der Waals surface area contributed by atoms with Crippen LogP contribution in [0.2, 0.25) is 0 Å². The van der Waals surface area contributed by atoms with E-state index < -0.39 is 0 Å². The highest BCUT2D eigenvalue weighted by Crippen LogP contribution is 2.20. The van der Waals surface area contributed by atoms with E-state index in [1.165, 1.54) is 29.2 Å². The molecule has 0 aliphatic rings. The Morgan fingerprint density at radius 2 is 1.72 bits per heavy atom. The smallest absolute Gasteiger partial charge is 0.0294 e. The van der Waals surface area contributed by atoms with Crippen molar-refractivity contribution in [3.8, 4) is 0 Å². The second-order valence-electron chi connectivity index (χ2n) is 5.18. The first-order valence-corrected chi connectivity index (χ1v) is 6.95. The zero-order valence-electron chi connectivity index (χ0n) is 11.6. The number of hydrogen-bond donors (Lipinski definition) is 1. The van der Waals surface area contributed by atoms with E-state index in [4.69, 9.17) is 0 Å². The molecular weight excluding hydrogens is 218 g/mol. The number of benzene rings is 2. The van der Waals surface area contributed by atoms with Gasteiger partial charge in [-0.1, -0.05) is 49.7 Å². The van der Waals surface area contributed by atoms with Crippen molar-refractivity contribution >= 4 is 10.8 Å². The Balaban J connectivity index is 2.15. The summed E-state index contributed by atoms with van der Waals surface area (Å²) in [6, 6.07) is 16.3. The zero-order valence-corrected chi connectivity index (χ0v) is 11.6. The highest BCUT2D eigenvalue weighted by atomic mass is 14.9. The second kappa shape index (κ2) is 6.01. The normalized spacial score (nSPS) is 14.6. The summed E-state index contributed by atoms with van der Waals surface area (Å²) in [6.07, 6.45) is 2.47. The van der Waals surface area contributed by atoms with Crippen molar-refractivity contribution < 1.29 is 0 Å². The fourth-order valence-corrected chi connectivity index (χ4v) is 2.52. The summed E-state index contributed by atoms with van der Waals surface area (Å²) < 4.78 is 0. The molecule has 0 saturated heterocycles. The topological polar surface area (TPSA) is 12.0 Å². The molecule has 2 rings (SSSR count). The Hall–Kier alpha value is -1.34. The summed E-state index contributed by atoms with van der Waals surface area (Å²) in [6.45, 7) is 6.75. The maximum Gasteiger partial charge on any atom is 0.0294 e. The lowest BCUT2D eigenvalue weighted by Crippen LogP contribution is -2.28. The first-order valence-electron chi connectivity index (χ1n) is 6.95. The number of fused-ring (bicyclic) bond motifs is 1. The minimum atomic E-state index is 0.413. The van der Waals surface area contributed by atoms with Crippen molar-refractivity contribution in [2.24, 2.45) is 0 Å². The Bertz CT molecular complexity index is 504. The third kappa shape index (κ3) is 3.11. The maximum atomic E-state index is 3.66. The Morgan fingerprint density at radius 3 is 2.44 bits per heavy atom. The van der Waals surface area contributed by atoms with Gasteiger partial charge in [0.05, 0.1) is 0 Å². The van der Waals surface area contributed by atoms with Gasteiger partial charge in [0.1, 0.15) is 0 Å². The van der Waals surface area contributed by atoms with Crippen molar-refractivity contribution in [1.82, 2.24) is 5.32 Å². The van der Waals surface area contributed by atoms with Crippen LogP contribution < -0.4 is 5.32 Å². The third-order valence-electron chi connectivity index (χ3n) is 3.53. The van der Waals surface area contributed by atoms with Crippen LogP contribution in [0.4, 0.5) is 0 Å². The van der Waals surface area contributed by atoms with Gasteiger partial charge in [0.15, 0.2) is 0 Å². The molecule has 0 amide bonds. The summed E-state index contributed by atoms with van der Waals surface area (Å²) >= 11 is 0. The second-order valence-corrected chi connectivity index (χ2v) is 5.18. The molecule has 96 valence electrons. The third-order valence-corrected chi connectivity index (χ3v) is 3.53. The highest BCUT2D eigenvalue weighted by molar-refractivity contribution is 5.83. The minimum Gasteiger partial charge on any atom is -0.308 e. The van der Waals surface area contributed by atoms with Crippen LogP contribution in [-0.2, 0) is 0 Å². The molecule has 0 aliphatic carbocycles. The molecule has 2 unspecified atom stereocenters. The van der Waals surface area contributed by atoms with E-state index in [-0.39, 0.29) is 0 Å². The lowest BCUT2D eigenvalue weighted by atomic mass is 10.0. The molecule has 0 bridgehead atoms. The molecule has 0 aromatic heterocycles. The molecule has 0 radical (unpaired) electrons. The molecule has 2 atom stereocenters. The first-order chi connectivity index (χ1) is 8.70. The predicted molar refractivity (Wildman–Crippen MR) is 79.9 cm³/mol. The number of hydrogen-bond acceptors (Lipinski definition) is 1. The molecule has 1 heteroatoms. The van der Waals surface area contributed by atoms with Crippen LogP contribution >= 0.6 is 0 Å². The van der Waals surface area contributed by atoms with Gasteiger partial charge in [-0.3, -0.25) is 0 Å². The molecule has 0 saturated carbocycles. The van der Waals surface area contributed by atoms with Gasteiger partial charge >= 0.3 is 0 Å². The van der Waals surface area contributed by atoms with Gasteiger partial charge in [0.2, 0.25) is 0 Å². The van der Waals surface area contributed by atoms with Crippen LogP contribution in [-0.4, -0.2) is 6.04 Å². The van der Waals surface area contributed by atoms with E-state index in [1.807, 2.05) is 0 Å². The van der Waals surface area contributed by atoms with Crippen molar-refractivity contribution in [2.75, 3.05) is 0 Å². The quantitative estimate of drug-likeness (QED) is 0.801. The standard InChI is InChI=1S/C17H23N/c1-4-7-13(2)18-14(3)16-11-10-15-8-5-6-9-17(15)12-16/h5-6,8-14,18H,4,7H2,1-3H3. The predicted octanol–water partition coefficient (Wildman–Crippen LogP) is 4.68. The molecule has 18 heavy (non-hydrogen) atoms. The van der Waals surface area contributed by atoms with Crippen LogP contribution in [0.25, 0.3) is 10.8 Å². The van der Waals surface area contributed by atoms with E-state index in [9.17, 15) is 0 Å². The molecule has 1 N–H and O–H groups in total. The average Bonchev–Trinajstić information content (AvgIpc) is 2.38. The van der Waals surface area contributed by atoms with Crippen LogP contribution in [0.15, 0.2) is 42.5 Å². The van der Waals surface area contributed by atoms with E-state index in [0.717, 1.165) is 0 Å². The fraction of sp³-hybridized carbons (Fsp3) is 0.412. The van der Waals surface area contributed by atoms with Crippen LogP contribution in [0.5, 0.6) is 0 Å². The van der Waals surface area contributed by atoms with E-state index in [2.05, 4.69) is 68.6 Å². The van der Waals surface area contributed by atoms with Gasteiger partial charge < -0.3 is 5.32 Å². The van der Waals surface area contributed by atoms with Crippen molar-refractivity contribution in [1.29, 1.82) is 0 Å². The summed E-state index contributed by atoms with van der Waals surface area (Å²) in [4.78, 5) is 0. The van der Waals surface area contributed by atoms with E-state index in [1.54, 1.807) is 0 Å². The number of nitrogens with one attached hydrogen (secondary N) is 1. The summed E-state index contributed by atoms with van der Waals surface area (Å²) in [7, 11) is 0. The van der Waals surface area contributed by atoms with Crippen LogP contribution in [0.3, 0.4) is 0 Å². The summed E-state index contributed by atoms with van der Waals surface area (Å²) in [5.74, 6) is 0. The number of rotatable bonds is 5. The monoisotopic (exact) mass is 241 g/mol. The summed E-state index contributed by atoms with van der Waals surface area (Å²) in [5.41, 5.74) is 1.37. The lowest BCUT2D eigenvalue weighted by molar-refractivity contribution is 0.453. The van der Waals surface area contributed by atoms with Gasteiger partial charge in [-0.2, -0.15) is 0 Å². The molecule has 0 aliphatic heterocycles. The Labute approximate surface area is 110 Å². The van der Waals surface area contributed by atoms with E-state index >= 15 is 0 Å². The van der Waals surface area contributed by atoms with Gasteiger partial charge in [-0.05, 0) is 42.7 Å². The Morgan fingerprint density at radius 1 is 1.00 bits per heavy atom. The highest BCUT2D eigenvalue weighted by Gasteiger charge is 2.09. The molecule has 2 aromatic rings. The molecule has 0 fully saturated rings. The molecule has 1 nitrogen and oxygen atoms in total. The van der Waals surface area contributed by atoms with Crippen LogP contribution in [0, 0.1) is 0 Å². The van der Waals surface area contributed by atoms with Gasteiger partial charge in [0, 0.05) is 12.1 Å². The molecular formula is C17H23N. The lowest BCUT2D eigenvalue weighted by Gasteiger charge is -2.20.